The Balaban J connectivity index is 1.96. The number of amides is 1. The van der Waals surface area contributed by atoms with Gasteiger partial charge < -0.3 is 10.0 Å². The molecule has 4 rings (SSSR count). The third-order valence-corrected chi connectivity index (χ3v) is 5.57. The zero-order valence-corrected chi connectivity index (χ0v) is 16.6. The quantitative estimate of drug-likeness (QED) is 0.716. The standard InChI is InChI=1S/C22H20ClN3O3/c1-2-25-13-17(26-20(22(25)29)21(28)18(27)12-24-26)19(14-7-4-3-5-8-14)15-9-6-10-16(23)11-15/h3-12,17,19,28H,2,13H2,1H3/t17-,19+/m1/s1. The maximum atomic E-state index is 12.9. The first kappa shape index (κ1) is 19.2. The molecule has 2 heterocycles. The minimum atomic E-state index is -0.666. The largest absolute Gasteiger partial charge is 0.502 e. The summed E-state index contributed by atoms with van der Waals surface area (Å²) < 4.78 is 1.49. The van der Waals surface area contributed by atoms with E-state index in [1.54, 1.807) is 4.90 Å². The van der Waals surface area contributed by atoms with Gasteiger partial charge in [-0.2, -0.15) is 5.10 Å². The van der Waals surface area contributed by atoms with Crippen LogP contribution in [0.5, 0.6) is 5.75 Å². The zero-order chi connectivity index (χ0) is 20.5. The minimum Gasteiger partial charge on any atom is -0.502 e. The molecule has 1 amide bonds. The topological polar surface area (TPSA) is 75.4 Å². The van der Waals surface area contributed by atoms with Crippen LogP contribution in [-0.2, 0) is 0 Å². The summed E-state index contributed by atoms with van der Waals surface area (Å²) >= 11 is 6.27. The van der Waals surface area contributed by atoms with Crippen LogP contribution >= 0.6 is 11.6 Å². The summed E-state index contributed by atoms with van der Waals surface area (Å²) in [5, 5.41) is 15.2. The highest BCUT2D eigenvalue weighted by Crippen LogP contribution is 2.39. The molecule has 2 aromatic carbocycles. The van der Waals surface area contributed by atoms with Gasteiger partial charge in [0.1, 0.15) is 0 Å². The number of carbonyl (C=O) groups is 1. The summed E-state index contributed by atoms with van der Waals surface area (Å²) in [5.41, 5.74) is 1.25. The zero-order valence-electron chi connectivity index (χ0n) is 15.8. The number of carbonyl (C=O) groups excluding carboxylic acids is 1. The molecule has 7 heteroatoms. The van der Waals surface area contributed by atoms with Crippen LogP contribution < -0.4 is 5.43 Å². The first-order chi connectivity index (χ1) is 14.0. The fourth-order valence-electron chi connectivity index (χ4n) is 3.96. The molecule has 3 aromatic rings. The highest BCUT2D eigenvalue weighted by molar-refractivity contribution is 6.30. The van der Waals surface area contributed by atoms with Crippen molar-refractivity contribution in [2.75, 3.05) is 13.1 Å². The van der Waals surface area contributed by atoms with Crippen molar-refractivity contribution < 1.29 is 9.90 Å². The Morgan fingerprint density at radius 3 is 2.55 bits per heavy atom. The number of nitrogens with zero attached hydrogens (tertiary/aromatic N) is 3. The van der Waals surface area contributed by atoms with Gasteiger partial charge in [0.2, 0.25) is 5.43 Å². The average Bonchev–Trinajstić information content (AvgIpc) is 2.73. The number of benzene rings is 2. The third-order valence-electron chi connectivity index (χ3n) is 5.33. The molecule has 1 aliphatic rings. The number of halogens is 1. The van der Waals surface area contributed by atoms with Crippen LogP contribution in [0.15, 0.2) is 65.6 Å². The van der Waals surface area contributed by atoms with E-state index in [1.165, 1.54) is 4.68 Å². The molecule has 1 aromatic heterocycles. The van der Waals surface area contributed by atoms with E-state index in [-0.39, 0.29) is 17.7 Å². The van der Waals surface area contributed by atoms with Crippen LogP contribution in [0.25, 0.3) is 0 Å². The SMILES string of the molecule is CCN1C[C@H]([C@@H](c2ccccc2)c2cccc(Cl)c2)n2ncc(=O)c(O)c2C1=O. The second-order valence-electron chi connectivity index (χ2n) is 7.01. The Labute approximate surface area is 173 Å². The molecule has 148 valence electrons. The van der Waals surface area contributed by atoms with Crippen molar-refractivity contribution in [1.82, 2.24) is 14.7 Å². The molecule has 0 aliphatic carbocycles. The van der Waals surface area contributed by atoms with Gasteiger partial charge in [0.15, 0.2) is 11.4 Å². The predicted octanol–water partition coefficient (Wildman–Crippen LogP) is 3.45. The number of rotatable bonds is 4. The Morgan fingerprint density at radius 2 is 1.86 bits per heavy atom. The van der Waals surface area contributed by atoms with Crippen molar-refractivity contribution in [3.05, 3.63) is 92.9 Å². The van der Waals surface area contributed by atoms with Crippen LogP contribution in [0.3, 0.4) is 0 Å². The monoisotopic (exact) mass is 409 g/mol. The summed E-state index contributed by atoms with van der Waals surface area (Å²) in [6.45, 7) is 2.71. The highest BCUT2D eigenvalue weighted by atomic mass is 35.5. The van der Waals surface area contributed by atoms with Crippen LogP contribution in [0.2, 0.25) is 5.02 Å². The fourth-order valence-corrected chi connectivity index (χ4v) is 4.16. The Bertz CT molecular complexity index is 1110. The summed E-state index contributed by atoms with van der Waals surface area (Å²) in [5.74, 6) is -1.15. The van der Waals surface area contributed by atoms with Crippen LogP contribution in [0.1, 0.15) is 40.5 Å². The van der Waals surface area contributed by atoms with Gasteiger partial charge >= 0.3 is 0 Å². The second-order valence-corrected chi connectivity index (χ2v) is 7.44. The van der Waals surface area contributed by atoms with Gasteiger partial charge in [-0.1, -0.05) is 54.1 Å². The Hall–Kier alpha value is -3.12. The molecule has 0 radical (unpaired) electrons. The predicted molar refractivity (Wildman–Crippen MR) is 111 cm³/mol. The van der Waals surface area contributed by atoms with E-state index in [0.29, 0.717) is 18.1 Å². The third kappa shape index (κ3) is 3.40. The Kier molecular flexibility index (Phi) is 5.11. The number of hydrogen-bond donors (Lipinski definition) is 1. The lowest BCUT2D eigenvalue weighted by molar-refractivity contribution is 0.0646. The average molecular weight is 410 g/mol. The summed E-state index contributed by atoms with van der Waals surface area (Å²) in [7, 11) is 0. The van der Waals surface area contributed by atoms with E-state index >= 15 is 0 Å². The summed E-state index contributed by atoms with van der Waals surface area (Å²) in [4.78, 5) is 26.5. The maximum absolute atomic E-state index is 12.9. The van der Waals surface area contributed by atoms with Crippen LogP contribution in [0, 0.1) is 0 Å². The first-order valence-corrected chi connectivity index (χ1v) is 9.79. The molecule has 0 saturated carbocycles. The molecular weight excluding hydrogens is 390 g/mol. The lowest BCUT2D eigenvalue weighted by Crippen LogP contribution is -2.46. The molecule has 1 aliphatic heterocycles. The molecule has 0 fully saturated rings. The van der Waals surface area contributed by atoms with Crippen LogP contribution in [0.4, 0.5) is 0 Å². The molecule has 0 bridgehead atoms. The number of aromatic hydroxyl groups is 1. The summed E-state index contributed by atoms with van der Waals surface area (Å²) in [6, 6.07) is 17.1. The second kappa shape index (κ2) is 7.72. The lowest BCUT2D eigenvalue weighted by atomic mass is 9.83. The van der Waals surface area contributed by atoms with Crippen molar-refractivity contribution >= 4 is 17.5 Å². The molecule has 0 spiro atoms. The van der Waals surface area contributed by atoms with Gasteiger partial charge in [-0.15, -0.1) is 0 Å². The van der Waals surface area contributed by atoms with Crippen molar-refractivity contribution in [2.45, 2.75) is 18.9 Å². The number of hydrogen-bond acceptors (Lipinski definition) is 4. The van der Waals surface area contributed by atoms with Crippen molar-refractivity contribution in [3.63, 3.8) is 0 Å². The van der Waals surface area contributed by atoms with Gasteiger partial charge in [0, 0.05) is 24.0 Å². The van der Waals surface area contributed by atoms with Gasteiger partial charge in [-0.25, -0.2) is 0 Å². The fraction of sp³-hybridized carbons (Fsp3) is 0.227. The van der Waals surface area contributed by atoms with Crippen molar-refractivity contribution in [2.24, 2.45) is 0 Å². The summed E-state index contributed by atoms with van der Waals surface area (Å²) in [6.07, 6.45) is 1.06. The van der Waals surface area contributed by atoms with Crippen molar-refractivity contribution in [3.8, 4) is 5.75 Å². The number of fused-ring (bicyclic) bond motifs is 1. The number of aromatic nitrogens is 2. The minimum absolute atomic E-state index is 0.0708. The molecule has 0 unspecified atom stereocenters. The number of likely N-dealkylation sites (N-methyl/N-ethyl adjacent to an activating group) is 1. The molecule has 2 atom stereocenters. The van der Waals surface area contributed by atoms with Gasteiger partial charge in [0.05, 0.1) is 12.2 Å². The van der Waals surface area contributed by atoms with E-state index in [0.717, 1.165) is 17.3 Å². The van der Waals surface area contributed by atoms with E-state index in [9.17, 15) is 14.7 Å². The van der Waals surface area contributed by atoms with E-state index in [1.807, 2.05) is 61.5 Å². The van der Waals surface area contributed by atoms with E-state index in [4.69, 9.17) is 11.6 Å². The van der Waals surface area contributed by atoms with Crippen LogP contribution in [-0.4, -0.2) is 38.8 Å². The molecule has 29 heavy (non-hydrogen) atoms. The van der Waals surface area contributed by atoms with Gasteiger partial charge in [-0.3, -0.25) is 14.3 Å². The molecule has 6 nitrogen and oxygen atoms in total. The van der Waals surface area contributed by atoms with Gasteiger partial charge in [-0.05, 0) is 30.2 Å². The smallest absolute Gasteiger partial charge is 0.276 e. The van der Waals surface area contributed by atoms with Crippen molar-refractivity contribution in [1.29, 1.82) is 0 Å². The lowest BCUT2D eigenvalue weighted by Gasteiger charge is -2.38. The molecule has 0 saturated heterocycles. The van der Waals surface area contributed by atoms with E-state index < -0.39 is 17.1 Å². The van der Waals surface area contributed by atoms with Gasteiger partial charge in [0.25, 0.3) is 5.91 Å². The first-order valence-electron chi connectivity index (χ1n) is 9.41. The Morgan fingerprint density at radius 1 is 1.14 bits per heavy atom. The maximum Gasteiger partial charge on any atom is 0.276 e. The normalized spacial score (nSPS) is 17.1. The van der Waals surface area contributed by atoms with E-state index in [2.05, 4.69) is 5.10 Å². The molecule has 1 N–H and O–H groups in total. The highest BCUT2D eigenvalue weighted by Gasteiger charge is 2.39. The molecular formula is C22H20ClN3O3.